The number of hydrazone groups is 1. The van der Waals surface area contributed by atoms with Gasteiger partial charge in [-0.05, 0) is 65.4 Å². The summed E-state index contributed by atoms with van der Waals surface area (Å²) in [6.07, 6.45) is 0. The molecular weight excluding hydrogens is 365 g/mol. The normalized spacial score (nSPS) is 11.2. The van der Waals surface area contributed by atoms with Gasteiger partial charge in [0.1, 0.15) is 0 Å². The Kier molecular flexibility index (Phi) is 4.73. The molecule has 0 aliphatic heterocycles. The highest BCUT2D eigenvalue weighted by Crippen LogP contribution is 2.09. The lowest BCUT2D eigenvalue weighted by molar-refractivity contribution is 0.0955. The van der Waals surface area contributed by atoms with Crippen LogP contribution in [0.5, 0.6) is 0 Å². The molecule has 0 heterocycles. The van der Waals surface area contributed by atoms with Gasteiger partial charge in [0.15, 0.2) is 0 Å². The minimum Gasteiger partial charge on any atom is -0.399 e. The molecule has 0 saturated carbocycles. The Labute approximate surface area is 131 Å². The number of nitrogens with zero attached hydrogens (tertiary/aromatic N) is 1. The first kappa shape index (κ1) is 14.5. The number of rotatable bonds is 3. The first-order valence-corrected chi connectivity index (χ1v) is 7.10. The van der Waals surface area contributed by atoms with E-state index in [1.807, 2.05) is 37.3 Å². The Morgan fingerprint density at radius 3 is 2.55 bits per heavy atom. The van der Waals surface area contributed by atoms with Gasteiger partial charge >= 0.3 is 0 Å². The maximum atomic E-state index is 12.0. The lowest BCUT2D eigenvalue weighted by Crippen LogP contribution is -2.19. The van der Waals surface area contributed by atoms with Crippen molar-refractivity contribution in [2.24, 2.45) is 5.10 Å². The zero-order valence-electron chi connectivity index (χ0n) is 10.9. The summed E-state index contributed by atoms with van der Waals surface area (Å²) in [5, 5.41) is 4.10. The van der Waals surface area contributed by atoms with E-state index >= 15 is 0 Å². The molecule has 0 aromatic heterocycles. The molecule has 0 aliphatic rings. The van der Waals surface area contributed by atoms with E-state index in [2.05, 4.69) is 33.1 Å². The molecule has 0 saturated heterocycles. The number of hydrogen-bond acceptors (Lipinski definition) is 3. The van der Waals surface area contributed by atoms with Crippen molar-refractivity contribution in [1.82, 2.24) is 5.43 Å². The van der Waals surface area contributed by atoms with Gasteiger partial charge in [-0.1, -0.05) is 18.2 Å². The van der Waals surface area contributed by atoms with Crippen LogP contribution in [0.15, 0.2) is 53.6 Å². The van der Waals surface area contributed by atoms with Crippen LogP contribution in [0.2, 0.25) is 0 Å². The molecule has 0 radical (unpaired) electrons. The van der Waals surface area contributed by atoms with E-state index in [1.54, 1.807) is 18.2 Å². The predicted molar refractivity (Wildman–Crippen MR) is 89.7 cm³/mol. The van der Waals surface area contributed by atoms with Gasteiger partial charge in [0.05, 0.1) is 5.71 Å². The number of nitrogen functional groups attached to an aromatic ring is 1. The van der Waals surface area contributed by atoms with Gasteiger partial charge in [-0.3, -0.25) is 4.79 Å². The van der Waals surface area contributed by atoms with Crippen LogP contribution in [-0.2, 0) is 0 Å². The third-order valence-electron chi connectivity index (χ3n) is 2.72. The third-order valence-corrected chi connectivity index (χ3v) is 3.39. The first-order valence-electron chi connectivity index (χ1n) is 6.02. The number of nitrogens with two attached hydrogens (primary N) is 1. The average Bonchev–Trinajstić information content (AvgIpc) is 2.44. The number of amides is 1. The third kappa shape index (κ3) is 3.80. The van der Waals surface area contributed by atoms with Crippen LogP contribution >= 0.6 is 22.6 Å². The molecule has 0 spiro atoms. The van der Waals surface area contributed by atoms with Gasteiger partial charge in [-0.2, -0.15) is 5.10 Å². The zero-order chi connectivity index (χ0) is 14.5. The van der Waals surface area contributed by atoms with Crippen molar-refractivity contribution in [3.63, 3.8) is 0 Å². The van der Waals surface area contributed by atoms with Crippen molar-refractivity contribution >= 4 is 39.9 Å². The van der Waals surface area contributed by atoms with Crippen molar-refractivity contribution in [2.75, 3.05) is 5.73 Å². The average molecular weight is 379 g/mol. The Hall–Kier alpha value is -1.89. The van der Waals surface area contributed by atoms with Crippen molar-refractivity contribution in [1.29, 1.82) is 0 Å². The van der Waals surface area contributed by atoms with Crippen LogP contribution < -0.4 is 11.2 Å². The summed E-state index contributed by atoms with van der Waals surface area (Å²) in [5.74, 6) is -0.230. The number of carbonyl (C=O) groups is 1. The highest BCUT2D eigenvalue weighted by atomic mass is 127. The fourth-order valence-corrected chi connectivity index (χ4v) is 2.20. The topological polar surface area (TPSA) is 67.5 Å². The van der Waals surface area contributed by atoms with Crippen LogP contribution in [0.3, 0.4) is 0 Å². The summed E-state index contributed by atoms with van der Waals surface area (Å²) in [4.78, 5) is 12.0. The van der Waals surface area contributed by atoms with Crippen LogP contribution in [0.1, 0.15) is 22.8 Å². The highest BCUT2D eigenvalue weighted by Gasteiger charge is 2.05. The minimum atomic E-state index is -0.230. The second kappa shape index (κ2) is 6.51. The van der Waals surface area contributed by atoms with Crippen molar-refractivity contribution in [2.45, 2.75) is 6.92 Å². The molecule has 5 heteroatoms. The maximum absolute atomic E-state index is 12.0. The largest absolute Gasteiger partial charge is 0.399 e. The number of carbonyl (C=O) groups excluding carboxylic acids is 1. The van der Waals surface area contributed by atoms with Gasteiger partial charge < -0.3 is 5.73 Å². The minimum absolute atomic E-state index is 0.230. The molecule has 0 unspecified atom stereocenters. The van der Waals surface area contributed by atoms with E-state index in [4.69, 9.17) is 5.73 Å². The number of benzene rings is 2. The summed E-state index contributed by atoms with van der Waals surface area (Å²) >= 11 is 2.16. The van der Waals surface area contributed by atoms with Crippen molar-refractivity contribution < 1.29 is 4.79 Å². The summed E-state index contributed by atoms with van der Waals surface area (Å²) < 4.78 is 1.01. The number of hydrogen-bond donors (Lipinski definition) is 2. The summed E-state index contributed by atoms with van der Waals surface area (Å²) in [7, 11) is 0. The van der Waals surface area contributed by atoms with Gasteiger partial charge in [0, 0.05) is 14.8 Å². The molecule has 2 aromatic carbocycles. The van der Waals surface area contributed by atoms with Crippen LogP contribution in [0, 0.1) is 3.57 Å². The summed E-state index contributed by atoms with van der Waals surface area (Å²) in [6, 6.07) is 14.7. The monoisotopic (exact) mass is 379 g/mol. The Balaban J connectivity index is 2.11. The van der Waals surface area contributed by atoms with Crippen LogP contribution in [0.25, 0.3) is 0 Å². The smallest absolute Gasteiger partial charge is 0.271 e. The second-order valence-corrected chi connectivity index (χ2v) is 5.52. The van der Waals surface area contributed by atoms with E-state index < -0.39 is 0 Å². The molecule has 4 nitrogen and oxygen atoms in total. The first-order chi connectivity index (χ1) is 9.56. The Morgan fingerprint density at radius 2 is 1.85 bits per heavy atom. The maximum Gasteiger partial charge on any atom is 0.271 e. The molecule has 0 fully saturated rings. The van der Waals surface area contributed by atoms with Crippen LogP contribution in [0.4, 0.5) is 5.69 Å². The van der Waals surface area contributed by atoms with Crippen molar-refractivity contribution in [3.8, 4) is 0 Å². The van der Waals surface area contributed by atoms with Crippen molar-refractivity contribution in [3.05, 3.63) is 63.2 Å². The molecule has 3 N–H and O–H groups in total. The molecule has 0 atom stereocenters. The zero-order valence-corrected chi connectivity index (χ0v) is 13.1. The summed E-state index contributed by atoms with van der Waals surface area (Å²) in [6.45, 7) is 1.82. The quantitative estimate of drug-likeness (QED) is 0.373. The highest BCUT2D eigenvalue weighted by molar-refractivity contribution is 14.1. The molecular formula is C15H14IN3O. The van der Waals surface area contributed by atoms with Gasteiger partial charge in [0.25, 0.3) is 5.91 Å². The lowest BCUT2D eigenvalue weighted by Gasteiger charge is -2.04. The van der Waals surface area contributed by atoms with E-state index in [0.717, 1.165) is 9.13 Å². The predicted octanol–water partition coefficient (Wildman–Crippen LogP) is 3.03. The number of nitrogens with one attached hydrogen (secondary N) is 1. The Morgan fingerprint density at radius 1 is 1.15 bits per heavy atom. The molecule has 0 aliphatic carbocycles. The van der Waals surface area contributed by atoms with Crippen LogP contribution in [-0.4, -0.2) is 11.6 Å². The number of halogens is 1. The van der Waals surface area contributed by atoms with E-state index in [0.29, 0.717) is 17.0 Å². The van der Waals surface area contributed by atoms with Gasteiger partial charge in [-0.15, -0.1) is 0 Å². The standard InChI is InChI=1S/C15H14IN3O/c1-10(11-4-3-7-14(17)9-11)18-19-15(20)12-5-2-6-13(16)8-12/h2-9H,17H2,1H3,(H,19,20)/b18-10-. The SMILES string of the molecule is C/C(=N/NC(=O)c1cccc(I)c1)c1cccc(N)c1. The molecule has 0 bridgehead atoms. The summed E-state index contributed by atoms with van der Waals surface area (Å²) in [5.41, 5.74) is 11.1. The number of anilines is 1. The van der Waals surface area contributed by atoms with E-state index in [9.17, 15) is 4.79 Å². The molecule has 2 rings (SSSR count). The fraction of sp³-hybridized carbons (Fsp3) is 0.0667. The molecule has 1 amide bonds. The second-order valence-electron chi connectivity index (χ2n) is 4.27. The van der Waals surface area contributed by atoms with E-state index in [1.165, 1.54) is 0 Å². The van der Waals surface area contributed by atoms with Gasteiger partial charge in [0.2, 0.25) is 0 Å². The van der Waals surface area contributed by atoms with E-state index in [-0.39, 0.29) is 5.91 Å². The lowest BCUT2D eigenvalue weighted by atomic mass is 10.1. The molecule has 102 valence electrons. The molecule has 20 heavy (non-hydrogen) atoms. The fourth-order valence-electron chi connectivity index (χ4n) is 1.66. The Bertz CT molecular complexity index is 668. The molecule has 2 aromatic rings. The van der Waals surface area contributed by atoms with Gasteiger partial charge in [-0.25, -0.2) is 5.43 Å².